The van der Waals surface area contributed by atoms with E-state index in [4.69, 9.17) is 5.73 Å². The van der Waals surface area contributed by atoms with Crippen LogP contribution in [0.2, 0.25) is 0 Å². The molecule has 66 valence electrons. The van der Waals surface area contributed by atoms with Gasteiger partial charge in [-0.15, -0.1) is 6.58 Å². The summed E-state index contributed by atoms with van der Waals surface area (Å²) in [6, 6.07) is 0.802. The van der Waals surface area contributed by atoms with Crippen molar-refractivity contribution in [2.24, 2.45) is 5.73 Å². The van der Waals surface area contributed by atoms with E-state index in [1.54, 1.807) is 0 Å². The van der Waals surface area contributed by atoms with Crippen LogP contribution in [0.3, 0.4) is 0 Å². The molecule has 0 fully saturated rings. The van der Waals surface area contributed by atoms with Gasteiger partial charge in [0.2, 0.25) is 0 Å². The fourth-order valence-corrected chi connectivity index (χ4v) is 1.03. The van der Waals surface area contributed by atoms with Gasteiger partial charge in [-0.25, -0.2) is 0 Å². The average molecular weight is 156 g/mol. The Labute approximate surface area is 70.1 Å². The van der Waals surface area contributed by atoms with Crippen LogP contribution in [0, 0.1) is 0 Å². The first kappa shape index (κ1) is 10.7. The van der Waals surface area contributed by atoms with Crippen LogP contribution in [0.15, 0.2) is 12.7 Å². The minimum absolute atomic E-state index is 0.248. The van der Waals surface area contributed by atoms with Crippen molar-refractivity contribution in [2.75, 3.05) is 13.1 Å². The standard InChI is InChI=1S/C9H20N2/c1-5-6-11(8(2)3)7-9(4)10/h5,8-9H,1,6-7,10H2,2-4H3. The molecule has 0 rings (SSSR count). The predicted molar refractivity (Wildman–Crippen MR) is 50.6 cm³/mol. The fraction of sp³-hybridized carbons (Fsp3) is 0.778. The molecule has 1 atom stereocenters. The Morgan fingerprint density at radius 2 is 2.00 bits per heavy atom. The molecule has 0 heterocycles. The lowest BCUT2D eigenvalue weighted by Gasteiger charge is -2.26. The summed E-state index contributed by atoms with van der Waals surface area (Å²) in [4.78, 5) is 2.30. The summed E-state index contributed by atoms with van der Waals surface area (Å²) in [5, 5.41) is 0. The number of rotatable bonds is 5. The van der Waals surface area contributed by atoms with Crippen molar-refractivity contribution >= 4 is 0 Å². The number of nitrogens with zero attached hydrogens (tertiary/aromatic N) is 1. The van der Waals surface area contributed by atoms with E-state index in [0.717, 1.165) is 13.1 Å². The molecule has 0 radical (unpaired) electrons. The van der Waals surface area contributed by atoms with Gasteiger partial charge in [0.15, 0.2) is 0 Å². The second-order valence-corrected chi connectivity index (χ2v) is 3.31. The summed E-state index contributed by atoms with van der Waals surface area (Å²) in [7, 11) is 0. The van der Waals surface area contributed by atoms with Gasteiger partial charge in [0, 0.05) is 25.2 Å². The Balaban J connectivity index is 3.78. The van der Waals surface area contributed by atoms with Crippen molar-refractivity contribution in [3.8, 4) is 0 Å². The van der Waals surface area contributed by atoms with Gasteiger partial charge in [-0.3, -0.25) is 4.90 Å². The van der Waals surface area contributed by atoms with Gasteiger partial charge in [0.1, 0.15) is 0 Å². The van der Waals surface area contributed by atoms with E-state index in [1.807, 2.05) is 13.0 Å². The number of hydrogen-bond acceptors (Lipinski definition) is 2. The van der Waals surface area contributed by atoms with Gasteiger partial charge in [0.05, 0.1) is 0 Å². The van der Waals surface area contributed by atoms with Crippen LogP contribution in [0.5, 0.6) is 0 Å². The zero-order valence-corrected chi connectivity index (χ0v) is 7.88. The van der Waals surface area contributed by atoms with E-state index in [1.165, 1.54) is 0 Å². The maximum absolute atomic E-state index is 5.69. The monoisotopic (exact) mass is 156 g/mol. The fourth-order valence-electron chi connectivity index (χ4n) is 1.03. The summed E-state index contributed by atoms with van der Waals surface area (Å²) in [5.74, 6) is 0. The van der Waals surface area contributed by atoms with E-state index in [-0.39, 0.29) is 6.04 Å². The van der Waals surface area contributed by atoms with Crippen molar-refractivity contribution < 1.29 is 0 Å². The maximum Gasteiger partial charge on any atom is 0.0163 e. The average Bonchev–Trinajstić information content (AvgIpc) is 1.86. The normalized spacial score (nSPS) is 14.0. The molecule has 2 N–H and O–H groups in total. The van der Waals surface area contributed by atoms with Gasteiger partial charge in [-0.2, -0.15) is 0 Å². The zero-order chi connectivity index (χ0) is 8.85. The van der Waals surface area contributed by atoms with Crippen LogP contribution >= 0.6 is 0 Å². The van der Waals surface area contributed by atoms with Crippen molar-refractivity contribution in [3.05, 3.63) is 12.7 Å². The molecule has 0 saturated heterocycles. The molecule has 0 bridgehead atoms. The summed E-state index contributed by atoms with van der Waals surface area (Å²) in [6.07, 6.45) is 1.92. The Morgan fingerprint density at radius 1 is 1.45 bits per heavy atom. The summed E-state index contributed by atoms with van der Waals surface area (Å²) in [5.41, 5.74) is 5.69. The van der Waals surface area contributed by atoms with Crippen molar-refractivity contribution in [1.29, 1.82) is 0 Å². The Kier molecular flexibility index (Phi) is 5.16. The Hall–Kier alpha value is -0.340. The maximum atomic E-state index is 5.69. The van der Waals surface area contributed by atoms with Crippen LogP contribution < -0.4 is 5.73 Å². The van der Waals surface area contributed by atoms with Crippen molar-refractivity contribution in [2.45, 2.75) is 32.9 Å². The molecule has 0 aliphatic heterocycles. The third-order valence-corrected chi connectivity index (χ3v) is 1.62. The first-order chi connectivity index (χ1) is 5.07. The minimum atomic E-state index is 0.248. The van der Waals surface area contributed by atoms with Gasteiger partial charge in [0.25, 0.3) is 0 Å². The minimum Gasteiger partial charge on any atom is -0.327 e. The molecule has 0 aliphatic carbocycles. The van der Waals surface area contributed by atoms with E-state index in [0.29, 0.717) is 6.04 Å². The molecule has 2 nitrogen and oxygen atoms in total. The molecule has 0 aromatic heterocycles. The highest BCUT2D eigenvalue weighted by atomic mass is 15.1. The second-order valence-electron chi connectivity index (χ2n) is 3.31. The molecule has 0 aromatic rings. The molecule has 1 unspecified atom stereocenters. The Bertz CT molecular complexity index is 108. The van der Waals surface area contributed by atoms with Gasteiger partial charge in [-0.1, -0.05) is 6.08 Å². The lowest BCUT2D eigenvalue weighted by atomic mass is 10.2. The Morgan fingerprint density at radius 3 is 2.27 bits per heavy atom. The van der Waals surface area contributed by atoms with Gasteiger partial charge >= 0.3 is 0 Å². The smallest absolute Gasteiger partial charge is 0.0163 e. The summed E-state index contributed by atoms with van der Waals surface area (Å²) >= 11 is 0. The summed E-state index contributed by atoms with van der Waals surface area (Å²) < 4.78 is 0. The van der Waals surface area contributed by atoms with Crippen LogP contribution in [0.1, 0.15) is 20.8 Å². The number of nitrogens with two attached hydrogens (primary N) is 1. The molecule has 0 aliphatic rings. The highest BCUT2D eigenvalue weighted by Crippen LogP contribution is 1.98. The SMILES string of the molecule is C=CCN(CC(C)N)C(C)C. The van der Waals surface area contributed by atoms with E-state index in [9.17, 15) is 0 Å². The van der Waals surface area contributed by atoms with Crippen molar-refractivity contribution in [3.63, 3.8) is 0 Å². The molecule has 2 heteroatoms. The molecule has 11 heavy (non-hydrogen) atoms. The zero-order valence-electron chi connectivity index (χ0n) is 7.88. The van der Waals surface area contributed by atoms with E-state index in [2.05, 4.69) is 25.3 Å². The van der Waals surface area contributed by atoms with Gasteiger partial charge in [-0.05, 0) is 20.8 Å². The topological polar surface area (TPSA) is 29.3 Å². The van der Waals surface area contributed by atoms with Crippen LogP contribution in [0.25, 0.3) is 0 Å². The van der Waals surface area contributed by atoms with Crippen LogP contribution in [0.4, 0.5) is 0 Å². The largest absolute Gasteiger partial charge is 0.327 e. The predicted octanol–water partition coefficient (Wildman–Crippen LogP) is 1.23. The number of hydrogen-bond donors (Lipinski definition) is 1. The quantitative estimate of drug-likeness (QED) is 0.607. The molecule has 0 saturated carbocycles. The van der Waals surface area contributed by atoms with Crippen LogP contribution in [-0.2, 0) is 0 Å². The van der Waals surface area contributed by atoms with Crippen LogP contribution in [-0.4, -0.2) is 30.1 Å². The van der Waals surface area contributed by atoms with E-state index < -0.39 is 0 Å². The highest BCUT2D eigenvalue weighted by Gasteiger charge is 2.08. The first-order valence-electron chi connectivity index (χ1n) is 4.18. The van der Waals surface area contributed by atoms with E-state index >= 15 is 0 Å². The molecular weight excluding hydrogens is 136 g/mol. The first-order valence-corrected chi connectivity index (χ1v) is 4.18. The molecule has 0 spiro atoms. The van der Waals surface area contributed by atoms with Gasteiger partial charge < -0.3 is 5.73 Å². The lowest BCUT2D eigenvalue weighted by molar-refractivity contribution is 0.235. The molecule has 0 amide bonds. The lowest BCUT2D eigenvalue weighted by Crippen LogP contribution is -2.39. The third kappa shape index (κ3) is 4.99. The van der Waals surface area contributed by atoms with Crippen molar-refractivity contribution in [1.82, 2.24) is 4.90 Å². The third-order valence-electron chi connectivity index (χ3n) is 1.62. The highest BCUT2D eigenvalue weighted by molar-refractivity contribution is 4.77. The molecular formula is C9H20N2. The summed E-state index contributed by atoms with van der Waals surface area (Å²) in [6.45, 7) is 12.0. The molecule has 0 aromatic carbocycles. The second kappa shape index (κ2) is 5.33.